The molecule has 0 amide bonds. The second kappa shape index (κ2) is 8.61. The Morgan fingerprint density at radius 2 is 2.11 bits per heavy atom. The zero-order valence-electron chi connectivity index (χ0n) is 19.2. The molecule has 0 aliphatic heterocycles. The lowest BCUT2D eigenvalue weighted by Crippen LogP contribution is -2.24. The number of halogens is 2. The maximum absolute atomic E-state index is 14.3. The highest BCUT2D eigenvalue weighted by Gasteiger charge is 2.26. The van der Waals surface area contributed by atoms with Crippen LogP contribution in [0.5, 0.6) is 11.5 Å². The molecule has 0 atom stereocenters. The number of aryl methyl sites for hydroxylation is 1. The minimum Gasteiger partial charge on any atom is -0.450 e. The molecule has 10 nitrogen and oxygen atoms in total. The molecule has 36 heavy (non-hydrogen) atoms. The van der Waals surface area contributed by atoms with Crippen LogP contribution in [0.25, 0.3) is 16.7 Å². The van der Waals surface area contributed by atoms with Crippen LogP contribution in [0.15, 0.2) is 47.8 Å². The van der Waals surface area contributed by atoms with Crippen LogP contribution in [0.3, 0.4) is 0 Å². The standard InChI is InChI=1S/C24H21ClFN7O3/c1-31-21-19(25)17(36-18-11-28-33-6-2-3-15(26)20(18)33)10-27-22(21)30-24(31)29-16-9-14(13-4-5-13)12-32(7-8-34)23(16)35/h2-3,6,9-13,34H,4-5,7-8H2,1H3,(H,27,29,30). The van der Waals surface area contributed by atoms with Gasteiger partial charge >= 0.3 is 0 Å². The van der Waals surface area contributed by atoms with Gasteiger partial charge in [-0.3, -0.25) is 4.79 Å². The Morgan fingerprint density at radius 1 is 1.28 bits per heavy atom. The molecule has 5 aromatic heterocycles. The largest absolute Gasteiger partial charge is 0.450 e. The first-order chi connectivity index (χ1) is 17.4. The molecule has 184 valence electrons. The minimum absolute atomic E-state index is 0.140. The first kappa shape index (κ1) is 22.5. The van der Waals surface area contributed by atoms with Crippen molar-refractivity contribution in [1.82, 2.24) is 28.7 Å². The van der Waals surface area contributed by atoms with Gasteiger partial charge in [0.05, 0.1) is 19.0 Å². The van der Waals surface area contributed by atoms with Crippen molar-refractivity contribution < 1.29 is 14.2 Å². The lowest BCUT2D eigenvalue weighted by atomic mass is 10.2. The molecule has 0 bridgehead atoms. The number of aromatic nitrogens is 6. The zero-order valence-corrected chi connectivity index (χ0v) is 19.9. The normalized spacial score (nSPS) is 13.6. The van der Waals surface area contributed by atoms with Gasteiger partial charge in [0.15, 0.2) is 23.0 Å². The van der Waals surface area contributed by atoms with Gasteiger partial charge < -0.3 is 24.3 Å². The molecule has 0 saturated heterocycles. The van der Waals surface area contributed by atoms with Crippen molar-refractivity contribution in [1.29, 1.82) is 0 Å². The van der Waals surface area contributed by atoms with Gasteiger partial charge in [0.25, 0.3) is 5.56 Å². The Balaban J connectivity index is 1.38. The van der Waals surface area contributed by atoms with Gasteiger partial charge in [-0.2, -0.15) is 10.1 Å². The minimum atomic E-state index is -0.484. The number of hydrogen-bond donors (Lipinski definition) is 2. The molecular weight excluding hydrogens is 489 g/mol. The fourth-order valence-corrected chi connectivity index (χ4v) is 4.54. The molecule has 2 N–H and O–H groups in total. The van der Waals surface area contributed by atoms with Crippen LogP contribution >= 0.6 is 11.6 Å². The molecule has 12 heteroatoms. The average Bonchev–Trinajstić information content (AvgIpc) is 3.55. The summed E-state index contributed by atoms with van der Waals surface area (Å²) in [6.45, 7) is 0.0630. The molecule has 0 aromatic carbocycles. The van der Waals surface area contributed by atoms with Gasteiger partial charge in [-0.05, 0) is 42.5 Å². The van der Waals surface area contributed by atoms with E-state index < -0.39 is 5.82 Å². The van der Waals surface area contributed by atoms with Crippen LogP contribution < -0.4 is 15.6 Å². The van der Waals surface area contributed by atoms with Crippen LogP contribution in [0, 0.1) is 5.82 Å². The monoisotopic (exact) mass is 509 g/mol. The molecule has 1 aliphatic carbocycles. The van der Waals surface area contributed by atoms with Crippen molar-refractivity contribution >= 4 is 39.9 Å². The molecule has 5 heterocycles. The molecule has 0 radical (unpaired) electrons. The fourth-order valence-electron chi connectivity index (χ4n) is 4.25. The SMILES string of the molecule is Cn1c(Nc2cc(C3CC3)cn(CCO)c2=O)nc2ncc(Oc3cnn4cccc(F)c34)c(Cl)c21. The third-order valence-electron chi connectivity index (χ3n) is 6.23. The summed E-state index contributed by atoms with van der Waals surface area (Å²) in [5.74, 6) is 0.689. The van der Waals surface area contributed by atoms with E-state index in [1.807, 2.05) is 12.3 Å². The zero-order chi connectivity index (χ0) is 25.0. The highest BCUT2D eigenvalue weighted by molar-refractivity contribution is 6.36. The smallest absolute Gasteiger partial charge is 0.274 e. The summed E-state index contributed by atoms with van der Waals surface area (Å²) in [5.41, 5.74) is 2.12. The van der Waals surface area contributed by atoms with Gasteiger partial charge in [-0.15, -0.1) is 0 Å². The summed E-state index contributed by atoms with van der Waals surface area (Å²) in [7, 11) is 1.74. The highest BCUT2D eigenvalue weighted by atomic mass is 35.5. The number of aliphatic hydroxyl groups is 1. The predicted octanol–water partition coefficient (Wildman–Crippen LogP) is 3.98. The highest BCUT2D eigenvalue weighted by Crippen LogP contribution is 2.41. The van der Waals surface area contributed by atoms with Gasteiger partial charge in [-0.25, -0.2) is 13.9 Å². The summed E-state index contributed by atoms with van der Waals surface area (Å²) in [5, 5.41) is 16.8. The number of pyridine rings is 3. The third kappa shape index (κ3) is 3.76. The van der Waals surface area contributed by atoms with E-state index in [2.05, 4.69) is 20.4 Å². The third-order valence-corrected chi connectivity index (χ3v) is 6.59. The van der Waals surface area contributed by atoms with Crippen molar-refractivity contribution in [3.63, 3.8) is 0 Å². The number of imidazole rings is 1. The first-order valence-corrected chi connectivity index (χ1v) is 11.7. The molecule has 6 rings (SSSR count). The number of aliphatic hydroxyl groups excluding tert-OH is 1. The van der Waals surface area contributed by atoms with Gasteiger partial charge in [0, 0.05) is 26.0 Å². The van der Waals surface area contributed by atoms with Crippen molar-refractivity contribution in [3.8, 4) is 11.5 Å². The summed E-state index contributed by atoms with van der Waals surface area (Å²) >= 11 is 6.68. The first-order valence-electron chi connectivity index (χ1n) is 11.4. The molecule has 0 spiro atoms. The van der Waals surface area contributed by atoms with E-state index in [0.29, 0.717) is 28.7 Å². The molecule has 1 fully saturated rings. The maximum atomic E-state index is 14.3. The molecule has 0 unspecified atom stereocenters. The molecule has 1 aliphatic rings. The van der Waals surface area contributed by atoms with E-state index in [0.717, 1.165) is 18.4 Å². The van der Waals surface area contributed by atoms with E-state index in [9.17, 15) is 14.3 Å². The number of fused-ring (bicyclic) bond motifs is 2. The van der Waals surface area contributed by atoms with Crippen LogP contribution in [-0.4, -0.2) is 40.4 Å². The Labute approximate surface area is 208 Å². The van der Waals surface area contributed by atoms with E-state index >= 15 is 0 Å². The lowest BCUT2D eigenvalue weighted by Gasteiger charge is -2.12. The second-order valence-corrected chi connectivity index (χ2v) is 9.05. The topological polar surface area (TPSA) is 112 Å². The Kier molecular flexibility index (Phi) is 5.38. The average molecular weight is 510 g/mol. The van der Waals surface area contributed by atoms with E-state index in [-0.39, 0.29) is 40.7 Å². The number of rotatable bonds is 7. The fraction of sp³-hybridized carbons (Fsp3) is 0.250. The Morgan fingerprint density at radius 3 is 2.89 bits per heavy atom. The van der Waals surface area contributed by atoms with Crippen LogP contribution in [0.4, 0.5) is 16.0 Å². The summed E-state index contributed by atoms with van der Waals surface area (Å²) in [6.07, 6.45) is 8.37. The van der Waals surface area contributed by atoms with Crippen LogP contribution in [0.1, 0.15) is 24.3 Å². The van der Waals surface area contributed by atoms with Crippen molar-refractivity contribution in [2.75, 3.05) is 11.9 Å². The number of nitrogens with zero attached hydrogens (tertiary/aromatic N) is 6. The summed E-state index contributed by atoms with van der Waals surface area (Å²) in [4.78, 5) is 21.8. The van der Waals surface area contributed by atoms with Crippen molar-refractivity contribution in [2.24, 2.45) is 7.05 Å². The molecule has 1 saturated carbocycles. The maximum Gasteiger partial charge on any atom is 0.274 e. The number of nitrogens with one attached hydrogen (secondary N) is 1. The number of anilines is 2. The Hall–Kier alpha value is -3.96. The summed E-state index contributed by atoms with van der Waals surface area (Å²) < 4.78 is 24.8. The second-order valence-electron chi connectivity index (χ2n) is 8.67. The van der Waals surface area contributed by atoms with Crippen LogP contribution in [-0.2, 0) is 13.6 Å². The van der Waals surface area contributed by atoms with Gasteiger partial charge in [0.1, 0.15) is 21.7 Å². The molecular formula is C24H21ClFN7O3. The van der Waals surface area contributed by atoms with Gasteiger partial charge in [0.2, 0.25) is 5.95 Å². The number of hydrogen-bond acceptors (Lipinski definition) is 7. The van der Waals surface area contributed by atoms with E-state index in [4.69, 9.17) is 16.3 Å². The lowest BCUT2D eigenvalue weighted by molar-refractivity contribution is 0.274. The quantitative estimate of drug-likeness (QED) is 0.341. The van der Waals surface area contributed by atoms with E-state index in [1.54, 1.807) is 23.9 Å². The summed E-state index contributed by atoms with van der Waals surface area (Å²) in [6, 6.07) is 4.69. The van der Waals surface area contributed by atoms with E-state index in [1.165, 1.54) is 27.5 Å². The molecule has 5 aromatic rings. The van der Waals surface area contributed by atoms with Crippen LogP contribution in [0.2, 0.25) is 5.02 Å². The van der Waals surface area contributed by atoms with Crippen molar-refractivity contribution in [3.05, 3.63) is 69.7 Å². The Bertz CT molecular complexity index is 1690. The van der Waals surface area contributed by atoms with Gasteiger partial charge in [-0.1, -0.05) is 11.6 Å². The number of ether oxygens (including phenoxy) is 1. The van der Waals surface area contributed by atoms with Crippen molar-refractivity contribution in [2.45, 2.75) is 25.3 Å². The predicted molar refractivity (Wildman–Crippen MR) is 132 cm³/mol.